The molecule has 0 spiro atoms. The van der Waals surface area contributed by atoms with Gasteiger partial charge in [-0.05, 0) is 17.6 Å². The van der Waals surface area contributed by atoms with Crippen molar-refractivity contribution in [2.75, 3.05) is 14.2 Å². The van der Waals surface area contributed by atoms with Crippen LogP contribution in [0.15, 0.2) is 18.2 Å². The minimum Gasteiger partial charge on any atom is -0.497 e. The summed E-state index contributed by atoms with van der Waals surface area (Å²) in [5.74, 6) is -0.197. The second-order valence-corrected chi connectivity index (χ2v) is 2.82. The molecule has 0 aromatic heterocycles. The lowest BCUT2D eigenvalue weighted by Gasteiger charge is -2.08. The van der Waals surface area contributed by atoms with Gasteiger partial charge in [-0.3, -0.25) is 0 Å². The van der Waals surface area contributed by atoms with Crippen LogP contribution in [0.3, 0.4) is 0 Å². The van der Waals surface area contributed by atoms with Crippen LogP contribution in [-0.4, -0.2) is 37.4 Å². The number of carbonyl (C=O) groups is 1. The zero-order valence-electron chi connectivity index (χ0n) is 8.43. The quantitative estimate of drug-likeness (QED) is 0.502. The molecule has 80 valence electrons. The monoisotopic (exact) mass is 210 g/mol. The van der Waals surface area contributed by atoms with Crippen molar-refractivity contribution >= 4 is 18.6 Å². The van der Waals surface area contributed by atoms with Crippen molar-refractivity contribution < 1.29 is 24.3 Å². The zero-order valence-corrected chi connectivity index (χ0v) is 8.43. The van der Waals surface area contributed by atoms with E-state index in [-0.39, 0.29) is 11.0 Å². The van der Waals surface area contributed by atoms with E-state index < -0.39 is 13.1 Å². The van der Waals surface area contributed by atoms with Gasteiger partial charge in [0, 0.05) is 0 Å². The van der Waals surface area contributed by atoms with Gasteiger partial charge in [-0.25, -0.2) is 4.79 Å². The Labute approximate surface area is 87.4 Å². The number of rotatable bonds is 3. The molecule has 1 aromatic carbocycles. The molecule has 0 aliphatic heterocycles. The summed E-state index contributed by atoms with van der Waals surface area (Å²) in [5, 5.41) is 18.0. The highest BCUT2D eigenvalue weighted by Gasteiger charge is 2.21. The van der Waals surface area contributed by atoms with Gasteiger partial charge < -0.3 is 19.5 Å². The fraction of sp³-hybridized carbons (Fsp3) is 0.222. The summed E-state index contributed by atoms with van der Waals surface area (Å²) in [6, 6.07) is 4.32. The number of hydrogen-bond acceptors (Lipinski definition) is 5. The molecule has 0 saturated heterocycles. The Hall–Kier alpha value is -1.53. The largest absolute Gasteiger partial charge is 0.497 e. The molecule has 0 fully saturated rings. The fourth-order valence-electron chi connectivity index (χ4n) is 1.17. The van der Waals surface area contributed by atoms with Crippen LogP contribution >= 0.6 is 0 Å². The third kappa shape index (κ3) is 2.48. The summed E-state index contributed by atoms with van der Waals surface area (Å²) < 4.78 is 9.42. The lowest BCUT2D eigenvalue weighted by molar-refractivity contribution is 0.0601. The van der Waals surface area contributed by atoms with Crippen molar-refractivity contribution in [2.45, 2.75) is 0 Å². The maximum atomic E-state index is 11.3. The first kappa shape index (κ1) is 11.5. The predicted octanol–water partition coefficient (Wildman–Crippen LogP) is -0.838. The maximum absolute atomic E-state index is 11.3. The first-order valence-electron chi connectivity index (χ1n) is 4.22. The van der Waals surface area contributed by atoms with E-state index in [1.165, 1.54) is 32.4 Å². The Bertz CT molecular complexity index is 364. The van der Waals surface area contributed by atoms with Gasteiger partial charge in [0.05, 0.1) is 19.8 Å². The number of esters is 1. The van der Waals surface area contributed by atoms with E-state index in [1.807, 2.05) is 0 Å². The molecule has 0 saturated carbocycles. The van der Waals surface area contributed by atoms with Crippen LogP contribution in [-0.2, 0) is 4.74 Å². The first-order valence-corrected chi connectivity index (χ1v) is 4.22. The molecule has 1 rings (SSSR count). The van der Waals surface area contributed by atoms with Gasteiger partial charge in [0.1, 0.15) is 5.75 Å². The Kier molecular flexibility index (Phi) is 3.71. The second kappa shape index (κ2) is 4.81. The van der Waals surface area contributed by atoms with Crippen LogP contribution in [0.4, 0.5) is 0 Å². The lowest BCUT2D eigenvalue weighted by atomic mass is 9.77. The minimum atomic E-state index is -1.72. The lowest BCUT2D eigenvalue weighted by Crippen LogP contribution is -2.34. The highest BCUT2D eigenvalue weighted by Crippen LogP contribution is 2.12. The van der Waals surface area contributed by atoms with E-state index >= 15 is 0 Å². The van der Waals surface area contributed by atoms with Gasteiger partial charge in [-0.15, -0.1) is 0 Å². The fourth-order valence-corrected chi connectivity index (χ4v) is 1.17. The zero-order chi connectivity index (χ0) is 11.4. The molecule has 2 N–H and O–H groups in total. The summed E-state index contributed by atoms with van der Waals surface area (Å²) in [7, 11) is 0.950. The summed E-state index contributed by atoms with van der Waals surface area (Å²) >= 11 is 0. The van der Waals surface area contributed by atoms with E-state index in [9.17, 15) is 4.79 Å². The van der Waals surface area contributed by atoms with Crippen LogP contribution in [0.1, 0.15) is 10.4 Å². The average molecular weight is 210 g/mol. The van der Waals surface area contributed by atoms with E-state index in [4.69, 9.17) is 14.8 Å². The molecule has 0 atom stereocenters. The second-order valence-electron chi connectivity index (χ2n) is 2.82. The molecule has 0 unspecified atom stereocenters. The van der Waals surface area contributed by atoms with Crippen LogP contribution in [0.2, 0.25) is 0 Å². The Morgan fingerprint density at radius 1 is 1.33 bits per heavy atom. The molecule has 0 amide bonds. The SMILES string of the molecule is COC(=O)c1cc(OC)ccc1B(O)O. The summed E-state index contributed by atoms with van der Waals surface area (Å²) in [5.41, 5.74) is 0.162. The molecular formula is C9H11BO5. The molecule has 0 radical (unpaired) electrons. The third-order valence-corrected chi connectivity index (χ3v) is 1.94. The third-order valence-electron chi connectivity index (χ3n) is 1.94. The van der Waals surface area contributed by atoms with Gasteiger partial charge in [-0.1, -0.05) is 6.07 Å². The first-order chi connectivity index (χ1) is 7.10. The molecule has 5 nitrogen and oxygen atoms in total. The van der Waals surface area contributed by atoms with Crippen LogP contribution < -0.4 is 10.2 Å². The van der Waals surface area contributed by atoms with Gasteiger partial charge in [0.25, 0.3) is 0 Å². The van der Waals surface area contributed by atoms with Crippen molar-refractivity contribution in [3.05, 3.63) is 23.8 Å². The summed E-state index contributed by atoms with van der Waals surface area (Å²) in [6.45, 7) is 0. The molecule has 6 heteroatoms. The summed E-state index contributed by atoms with van der Waals surface area (Å²) in [6.07, 6.45) is 0. The number of hydrogen-bond donors (Lipinski definition) is 2. The smallest absolute Gasteiger partial charge is 0.489 e. The highest BCUT2D eigenvalue weighted by molar-refractivity contribution is 6.60. The van der Waals surface area contributed by atoms with Gasteiger partial charge in [0.15, 0.2) is 0 Å². The summed E-state index contributed by atoms with van der Waals surface area (Å²) in [4.78, 5) is 11.3. The Balaban J connectivity index is 3.22. The molecule has 0 bridgehead atoms. The molecule has 0 aliphatic carbocycles. The highest BCUT2D eigenvalue weighted by atomic mass is 16.5. The van der Waals surface area contributed by atoms with Crippen LogP contribution in [0, 0.1) is 0 Å². The number of carbonyl (C=O) groups excluding carboxylic acids is 1. The maximum Gasteiger partial charge on any atom is 0.489 e. The van der Waals surface area contributed by atoms with E-state index in [2.05, 4.69) is 4.74 Å². The predicted molar refractivity (Wildman–Crippen MR) is 54.2 cm³/mol. The van der Waals surface area contributed by atoms with Gasteiger partial charge in [-0.2, -0.15) is 0 Å². The molecular weight excluding hydrogens is 199 g/mol. The van der Waals surface area contributed by atoms with Crippen molar-refractivity contribution in [1.82, 2.24) is 0 Å². The Morgan fingerprint density at radius 3 is 2.47 bits per heavy atom. The van der Waals surface area contributed by atoms with Crippen molar-refractivity contribution in [2.24, 2.45) is 0 Å². The molecule has 0 aliphatic rings. The molecule has 0 heterocycles. The van der Waals surface area contributed by atoms with Gasteiger partial charge >= 0.3 is 13.1 Å². The normalized spacial score (nSPS) is 9.60. The van der Waals surface area contributed by atoms with Crippen molar-refractivity contribution in [3.8, 4) is 5.75 Å². The molecule has 1 aromatic rings. The topological polar surface area (TPSA) is 76.0 Å². The van der Waals surface area contributed by atoms with E-state index in [0.717, 1.165) is 0 Å². The standard InChI is InChI=1S/C9H11BO5/c1-14-6-3-4-8(10(12)13)7(5-6)9(11)15-2/h3-5,12-13H,1-2H3. The van der Waals surface area contributed by atoms with Crippen LogP contribution in [0.5, 0.6) is 5.75 Å². The number of methoxy groups -OCH3 is 2. The van der Waals surface area contributed by atoms with E-state index in [1.54, 1.807) is 0 Å². The molecule has 15 heavy (non-hydrogen) atoms. The number of benzene rings is 1. The number of ether oxygens (including phenoxy) is 2. The van der Waals surface area contributed by atoms with E-state index in [0.29, 0.717) is 5.75 Å². The van der Waals surface area contributed by atoms with Crippen LogP contribution in [0.25, 0.3) is 0 Å². The average Bonchev–Trinajstić information content (AvgIpc) is 2.26. The Morgan fingerprint density at radius 2 is 2.00 bits per heavy atom. The van der Waals surface area contributed by atoms with Crippen molar-refractivity contribution in [1.29, 1.82) is 0 Å². The minimum absolute atomic E-state index is 0.0758. The van der Waals surface area contributed by atoms with Gasteiger partial charge in [0.2, 0.25) is 0 Å². The van der Waals surface area contributed by atoms with Crippen molar-refractivity contribution in [3.63, 3.8) is 0 Å².